The number of nitrogens with one attached hydrogen (secondary N) is 2. The number of hydrogen-bond donors (Lipinski definition) is 2. The molecular weight excluding hydrogens is 344 g/mol. The van der Waals surface area contributed by atoms with Gasteiger partial charge in [0.05, 0.1) is 0 Å². The molecule has 2 N–H and O–H groups in total. The normalized spacial score (nSPS) is 18.9. The zero-order chi connectivity index (χ0) is 15.5. The summed E-state index contributed by atoms with van der Waals surface area (Å²) in [4.78, 5) is 0. The van der Waals surface area contributed by atoms with Crippen molar-refractivity contribution in [2.24, 2.45) is 5.92 Å². The second kappa shape index (κ2) is 6.93. The molecule has 2 nitrogen and oxygen atoms in total. The number of benzene rings is 1. The summed E-state index contributed by atoms with van der Waals surface area (Å²) in [5.74, 6) is 0.617. The summed E-state index contributed by atoms with van der Waals surface area (Å²) >= 11 is 8.90. The van der Waals surface area contributed by atoms with Gasteiger partial charge >= 0.3 is 0 Å². The molecule has 0 aromatic heterocycles. The number of rotatable bonds is 3. The second-order valence-corrected chi connectivity index (χ2v) is 7.65. The van der Waals surface area contributed by atoms with Crippen LogP contribution in [0.3, 0.4) is 0 Å². The molecule has 1 aromatic carbocycles. The average Bonchev–Trinajstić information content (AvgIpc) is 2.41. The van der Waals surface area contributed by atoms with Crippen molar-refractivity contribution < 1.29 is 0 Å². The largest absolute Gasteiger partial charge is 0.357 e. The summed E-state index contributed by atoms with van der Waals surface area (Å²) < 4.78 is 1.07. The van der Waals surface area contributed by atoms with Gasteiger partial charge in [0.2, 0.25) is 0 Å². The van der Waals surface area contributed by atoms with Gasteiger partial charge in [-0.1, -0.05) is 27.6 Å². The Labute approximate surface area is 141 Å². The van der Waals surface area contributed by atoms with Crippen LogP contribution < -0.4 is 10.6 Å². The van der Waals surface area contributed by atoms with Crippen LogP contribution in [0.25, 0.3) is 0 Å². The zero-order valence-electron chi connectivity index (χ0n) is 12.9. The highest BCUT2D eigenvalue weighted by molar-refractivity contribution is 9.10. The summed E-state index contributed by atoms with van der Waals surface area (Å²) in [6.07, 6.45) is 5.92. The highest BCUT2D eigenvalue weighted by Crippen LogP contribution is 2.31. The van der Waals surface area contributed by atoms with Crippen molar-refractivity contribution in [2.45, 2.75) is 45.6 Å². The van der Waals surface area contributed by atoms with Gasteiger partial charge in [-0.15, -0.1) is 0 Å². The smallest absolute Gasteiger partial charge is 0.171 e. The molecule has 114 valence electrons. The predicted molar refractivity (Wildman–Crippen MR) is 98.7 cm³/mol. The molecular formula is C17H23BrN2S. The monoisotopic (exact) mass is 366 g/mol. The lowest BCUT2D eigenvalue weighted by atomic mass is 9.77. The first-order valence-electron chi connectivity index (χ1n) is 7.37. The maximum Gasteiger partial charge on any atom is 0.171 e. The standard InChI is InChI=1S/C17H23BrN2S/c1-12-4-6-13(7-5-12)17(2,3)20-16(21)19-15-10-8-14(18)9-11-15/h4,8-11,13H,5-7H2,1-3H3,(H2,19,20,21)/t13-/m0/s1. The number of halogens is 1. The van der Waals surface area contributed by atoms with E-state index in [-0.39, 0.29) is 5.54 Å². The van der Waals surface area contributed by atoms with Crippen molar-refractivity contribution in [3.05, 3.63) is 40.4 Å². The quantitative estimate of drug-likeness (QED) is 0.563. The van der Waals surface area contributed by atoms with Crippen LogP contribution in [0.5, 0.6) is 0 Å². The Morgan fingerprint density at radius 2 is 1.95 bits per heavy atom. The SMILES string of the molecule is CC1=CC[C@H](C(C)(C)NC(=S)Nc2ccc(Br)cc2)CC1. The van der Waals surface area contributed by atoms with E-state index in [1.807, 2.05) is 24.3 Å². The molecule has 0 bridgehead atoms. The fraction of sp³-hybridized carbons (Fsp3) is 0.471. The maximum atomic E-state index is 5.46. The Hall–Kier alpha value is -0.870. The molecule has 1 aliphatic carbocycles. The van der Waals surface area contributed by atoms with Crippen LogP contribution in [-0.4, -0.2) is 10.7 Å². The summed E-state index contributed by atoms with van der Waals surface area (Å²) in [6.45, 7) is 6.69. The first-order valence-corrected chi connectivity index (χ1v) is 8.57. The second-order valence-electron chi connectivity index (χ2n) is 6.33. The fourth-order valence-corrected chi connectivity index (χ4v) is 3.36. The minimum atomic E-state index is -0.00333. The van der Waals surface area contributed by atoms with E-state index in [4.69, 9.17) is 12.2 Å². The molecule has 0 spiro atoms. The molecule has 1 aliphatic rings. The van der Waals surface area contributed by atoms with Crippen molar-refractivity contribution >= 4 is 38.9 Å². The van der Waals surface area contributed by atoms with Crippen molar-refractivity contribution in [3.63, 3.8) is 0 Å². The minimum Gasteiger partial charge on any atom is -0.357 e. The molecule has 21 heavy (non-hydrogen) atoms. The van der Waals surface area contributed by atoms with Crippen LogP contribution in [-0.2, 0) is 0 Å². The lowest BCUT2D eigenvalue weighted by molar-refractivity contribution is 0.267. The van der Waals surface area contributed by atoms with Crippen LogP contribution >= 0.6 is 28.1 Å². The van der Waals surface area contributed by atoms with Gasteiger partial charge in [-0.05, 0) is 82.4 Å². The van der Waals surface area contributed by atoms with Gasteiger partial charge in [-0.25, -0.2) is 0 Å². The number of allylic oxidation sites excluding steroid dienone is 2. The Bertz CT molecular complexity index is 534. The molecule has 0 radical (unpaired) electrons. The van der Waals surface area contributed by atoms with Gasteiger partial charge in [0, 0.05) is 15.7 Å². The van der Waals surface area contributed by atoms with Crippen LogP contribution in [0.1, 0.15) is 40.0 Å². The maximum absolute atomic E-state index is 5.46. The van der Waals surface area contributed by atoms with Gasteiger partial charge in [0.25, 0.3) is 0 Å². The van der Waals surface area contributed by atoms with Crippen LogP contribution in [0.4, 0.5) is 5.69 Å². The molecule has 2 rings (SSSR count). The van der Waals surface area contributed by atoms with E-state index in [2.05, 4.69) is 53.4 Å². The lowest BCUT2D eigenvalue weighted by Gasteiger charge is -2.38. The van der Waals surface area contributed by atoms with Gasteiger partial charge in [0.1, 0.15) is 0 Å². The summed E-state index contributed by atoms with van der Waals surface area (Å²) in [6, 6.07) is 8.03. The number of anilines is 1. The zero-order valence-corrected chi connectivity index (χ0v) is 15.3. The highest BCUT2D eigenvalue weighted by Gasteiger charge is 2.30. The van der Waals surface area contributed by atoms with Gasteiger partial charge in [-0.2, -0.15) is 0 Å². The Kier molecular flexibility index (Phi) is 5.44. The summed E-state index contributed by atoms with van der Waals surface area (Å²) in [5, 5.41) is 7.43. The van der Waals surface area contributed by atoms with E-state index in [0.717, 1.165) is 16.6 Å². The van der Waals surface area contributed by atoms with Gasteiger partial charge in [0.15, 0.2) is 5.11 Å². The third kappa shape index (κ3) is 4.82. The van der Waals surface area contributed by atoms with E-state index in [1.165, 1.54) is 18.4 Å². The van der Waals surface area contributed by atoms with Crippen molar-refractivity contribution in [3.8, 4) is 0 Å². The van der Waals surface area contributed by atoms with Crippen molar-refractivity contribution in [1.82, 2.24) is 5.32 Å². The van der Waals surface area contributed by atoms with Crippen molar-refractivity contribution in [2.75, 3.05) is 5.32 Å². The van der Waals surface area contributed by atoms with Gasteiger partial charge in [-0.3, -0.25) is 0 Å². The lowest BCUT2D eigenvalue weighted by Crippen LogP contribution is -2.50. The molecule has 0 fully saturated rings. The molecule has 0 saturated carbocycles. The molecule has 0 aliphatic heterocycles. The molecule has 0 saturated heterocycles. The molecule has 1 atom stereocenters. The average molecular weight is 367 g/mol. The van der Waals surface area contributed by atoms with Crippen molar-refractivity contribution in [1.29, 1.82) is 0 Å². The Balaban J connectivity index is 1.93. The fourth-order valence-electron chi connectivity index (χ4n) is 2.71. The number of thiocarbonyl (C=S) groups is 1. The topological polar surface area (TPSA) is 24.1 Å². The minimum absolute atomic E-state index is 0.00333. The third-order valence-corrected chi connectivity index (χ3v) is 4.93. The van der Waals surface area contributed by atoms with E-state index in [1.54, 1.807) is 0 Å². The van der Waals surface area contributed by atoms with E-state index >= 15 is 0 Å². The first kappa shape index (κ1) is 16.5. The van der Waals surface area contributed by atoms with Crippen LogP contribution in [0, 0.1) is 5.92 Å². The van der Waals surface area contributed by atoms with E-state index in [9.17, 15) is 0 Å². The molecule has 0 amide bonds. The Morgan fingerprint density at radius 3 is 2.52 bits per heavy atom. The van der Waals surface area contributed by atoms with Gasteiger partial charge < -0.3 is 10.6 Å². The molecule has 1 aromatic rings. The molecule has 0 heterocycles. The summed E-state index contributed by atoms with van der Waals surface area (Å²) in [5.41, 5.74) is 2.51. The number of hydrogen-bond acceptors (Lipinski definition) is 1. The van der Waals surface area contributed by atoms with E-state index < -0.39 is 0 Å². The predicted octanol–water partition coefficient (Wildman–Crippen LogP) is 5.26. The summed E-state index contributed by atoms with van der Waals surface area (Å²) in [7, 11) is 0. The van der Waals surface area contributed by atoms with Crippen LogP contribution in [0.2, 0.25) is 0 Å². The van der Waals surface area contributed by atoms with E-state index in [0.29, 0.717) is 11.0 Å². The molecule has 0 unspecified atom stereocenters. The van der Waals surface area contributed by atoms with Crippen LogP contribution in [0.15, 0.2) is 40.4 Å². The Morgan fingerprint density at radius 1 is 1.29 bits per heavy atom. The first-order chi connectivity index (χ1) is 9.87. The molecule has 4 heteroatoms. The highest BCUT2D eigenvalue weighted by atomic mass is 79.9. The third-order valence-electron chi connectivity index (χ3n) is 4.20.